The Bertz CT molecular complexity index is 607. The first-order valence-corrected chi connectivity index (χ1v) is 8.16. The van der Waals surface area contributed by atoms with Crippen LogP contribution in [0.2, 0.25) is 0 Å². The first kappa shape index (κ1) is 17.3. The van der Waals surface area contributed by atoms with Crippen molar-refractivity contribution in [2.75, 3.05) is 20.1 Å². The number of aliphatic imine (C=N–C) groups is 1. The summed E-state index contributed by atoms with van der Waals surface area (Å²) in [7, 11) is 3.82. The van der Waals surface area contributed by atoms with Gasteiger partial charge in [-0.25, -0.2) is 0 Å². The molecule has 0 spiro atoms. The van der Waals surface area contributed by atoms with Gasteiger partial charge >= 0.3 is 0 Å². The molecule has 2 aromatic heterocycles. The van der Waals surface area contributed by atoms with Gasteiger partial charge in [0.1, 0.15) is 0 Å². The van der Waals surface area contributed by atoms with Gasteiger partial charge in [0, 0.05) is 45.8 Å². The Morgan fingerprint density at radius 3 is 3.05 bits per heavy atom. The molecule has 1 N–H and O–H groups in total. The number of likely N-dealkylation sites (tertiary alicyclic amines) is 1. The molecule has 7 heteroatoms. The normalized spacial score (nSPS) is 18.4. The van der Waals surface area contributed by atoms with Gasteiger partial charge in [-0.15, -0.1) is 24.0 Å². The topological polar surface area (TPSA) is 45.5 Å². The lowest BCUT2D eigenvalue weighted by Crippen LogP contribution is -2.39. The minimum atomic E-state index is 0. The Labute approximate surface area is 152 Å². The standard InChI is InChI=1S/C15H21N5S.HI/c1-16-15(17-7-12-4-6-21-11-12)20-5-3-13(10-20)14-8-18-19(2)9-14;/h4,6,8-9,11,13H,3,5,7,10H2,1-2H3,(H,16,17);1H. The third kappa shape index (κ3) is 4.01. The lowest BCUT2D eigenvalue weighted by atomic mass is 10.0. The van der Waals surface area contributed by atoms with Crippen molar-refractivity contribution < 1.29 is 0 Å². The number of halogens is 1. The molecule has 3 rings (SSSR count). The summed E-state index contributed by atoms with van der Waals surface area (Å²) in [6.07, 6.45) is 5.26. The van der Waals surface area contributed by atoms with Crippen molar-refractivity contribution in [3.63, 3.8) is 0 Å². The number of thiophene rings is 1. The fourth-order valence-corrected chi connectivity index (χ4v) is 3.45. The lowest BCUT2D eigenvalue weighted by Gasteiger charge is -2.21. The van der Waals surface area contributed by atoms with E-state index in [4.69, 9.17) is 0 Å². The van der Waals surface area contributed by atoms with E-state index < -0.39 is 0 Å². The SMILES string of the molecule is CN=C(NCc1ccsc1)N1CCC(c2cnn(C)c2)C1.I. The van der Waals surface area contributed by atoms with Crippen molar-refractivity contribution in [1.82, 2.24) is 20.0 Å². The third-order valence-electron chi connectivity index (χ3n) is 3.93. The van der Waals surface area contributed by atoms with Crippen LogP contribution in [-0.2, 0) is 13.6 Å². The summed E-state index contributed by atoms with van der Waals surface area (Å²) in [6.45, 7) is 2.89. The second kappa shape index (κ2) is 7.96. The molecule has 1 fully saturated rings. The van der Waals surface area contributed by atoms with Crippen LogP contribution < -0.4 is 5.32 Å². The largest absolute Gasteiger partial charge is 0.352 e. The van der Waals surface area contributed by atoms with E-state index in [0.29, 0.717) is 5.92 Å². The smallest absolute Gasteiger partial charge is 0.193 e. The van der Waals surface area contributed by atoms with E-state index in [1.54, 1.807) is 11.3 Å². The molecule has 0 amide bonds. The van der Waals surface area contributed by atoms with Crippen LogP contribution in [0.15, 0.2) is 34.2 Å². The Kier molecular flexibility index (Phi) is 6.25. The van der Waals surface area contributed by atoms with E-state index in [9.17, 15) is 0 Å². The van der Waals surface area contributed by atoms with Crippen molar-refractivity contribution in [2.24, 2.45) is 12.0 Å². The van der Waals surface area contributed by atoms with Gasteiger partial charge in [0.05, 0.1) is 6.20 Å². The molecule has 0 aromatic carbocycles. The Morgan fingerprint density at radius 2 is 2.41 bits per heavy atom. The fraction of sp³-hybridized carbons (Fsp3) is 0.467. The maximum absolute atomic E-state index is 4.42. The number of nitrogens with zero attached hydrogens (tertiary/aromatic N) is 4. The van der Waals surface area contributed by atoms with Gasteiger partial charge in [0.15, 0.2) is 5.96 Å². The molecule has 1 atom stereocenters. The van der Waals surface area contributed by atoms with Crippen molar-refractivity contribution >= 4 is 41.3 Å². The zero-order chi connectivity index (χ0) is 14.7. The van der Waals surface area contributed by atoms with Crippen molar-refractivity contribution in [3.05, 3.63) is 40.3 Å². The average molecular weight is 431 g/mol. The van der Waals surface area contributed by atoms with E-state index >= 15 is 0 Å². The molecule has 1 saturated heterocycles. The van der Waals surface area contributed by atoms with Gasteiger partial charge < -0.3 is 10.2 Å². The highest BCUT2D eigenvalue weighted by molar-refractivity contribution is 14.0. The highest BCUT2D eigenvalue weighted by Gasteiger charge is 2.26. The zero-order valence-electron chi connectivity index (χ0n) is 12.9. The van der Waals surface area contributed by atoms with Crippen LogP contribution in [0.3, 0.4) is 0 Å². The van der Waals surface area contributed by atoms with Gasteiger partial charge in [-0.1, -0.05) is 0 Å². The Morgan fingerprint density at radius 1 is 1.55 bits per heavy atom. The summed E-state index contributed by atoms with van der Waals surface area (Å²) in [6, 6.07) is 2.15. The molecule has 0 bridgehead atoms. The molecule has 5 nitrogen and oxygen atoms in total. The number of hydrogen-bond donors (Lipinski definition) is 1. The maximum Gasteiger partial charge on any atom is 0.193 e. The second-order valence-corrected chi connectivity index (χ2v) is 6.19. The lowest BCUT2D eigenvalue weighted by molar-refractivity contribution is 0.486. The van der Waals surface area contributed by atoms with Crippen molar-refractivity contribution in [1.29, 1.82) is 0 Å². The van der Waals surface area contributed by atoms with E-state index in [1.807, 2.05) is 25.0 Å². The van der Waals surface area contributed by atoms with Crippen LogP contribution in [0.5, 0.6) is 0 Å². The Balaban J connectivity index is 0.00000176. The number of rotatable bonds is 3. The molecule has 0 radical (unpaired) electrons. The molecule has 0 saturated carbocycles. The number of hydrogen-bond acceptors (Lipinski definition) is 3. The molecular formula is C15H22IN5S. The van der Waals surface area contributed by atoms with Crippen LogP contribution in [0.1, 0.15) is 23.5 Å². The molecule has 120 valence electrons. The highest BCUT2D eigenvalue weighted by Crippen LogP contribution is 2.26. The third-order valence-corrected chi connectivity index (χ3v) is 4.66. The molecule has 1 aliphatic rings. The van der Waals surface area contributed by atoms with Gasteiger partial charge in [0.25, 0.3) is 0 Å². The maximum atomic E-state index is 4.42. The van der Waals surface area contributed by atoms with Crippen LogP contribution in [0.25, 0.3) is 0 Å². The van der Waals surface area contributed by atoms with Gasteiger partial charge in [-0.2, -0.15) is 16.4 Å². The summed E-state index contributed by atoms with van der Waals surface area (Å²) < 4.78 is 1.88. The molecular weight excluding hydrogens is 409 g/mol. The first-order valence-electron chi connectivity index (χ1n) is 7.21. The monoisotopic (exact) mass is 431 g/mol. The average Bonchev–Trinajstić information content (AvgIpc) is 3.19. The van der Waals surface area contributed by atoms with Crippen LogP contribution in [0.4, 0.5) is 0 Å². The fourth-order valence-electron chi connectivity index (χ4n) is 2.78. The summed E-state index contributed by atoms with van der Waals surface area (Å²) >= 11 is 1.73. The molecule has 22 heavy (non-hydrogen) atoms. The number of aryl methyl sites for hydroxylation is 1. The molecule has 1 unspecified atom stereocenters. The van der Waals surface area contributed by atoms with Gasteiger partial charge in [-0.3, -0.25) is 9.67 Å². The van der Waals surface area contributed by atoms with Gasteiger partial charge in [-0.05, 0) is 34.4 Å². The summed E-state index contributed by atoms with van der Waals surface area (Å²) in [5.74, 6) is 1.55. The Hall–Kier alpha value is -1.09. The van der Waals surface area contributed by atoms with E-state index in [-0.39, 0.29) is 24.0 Å². The number of aromatic nitrogens is 2. The molecule has 2 aromatic rings. The predicted octanol–water partition coefficient (Wildman–Crippen LogP) is 2.66. The summed E-state index contributed by atoms with van der Waals surface area (Å²) in [5.41, 5.74) is 2.64. The molecule has 0 aliphatic carbocycles. The van der Waals surface area contributed by atoms with E-state index in [1.165, 1.54) is 11.1 Å². The van der Waals surface area contributed by atoms with E-state index in [0.717, 1.165) is 32.0 Å². The predicted molar refractivity (Wildman–Crippen MR) is 102 cm³/mol. The van der Waals surface area contributed by atoms with Gasteiger partial charge in [0.2, 0.25) is 0 Å². The molecule has 3 heterocycles. The number of nitrogens with one attached hydrogen (secondary N) is 1. The first-order chi connectivity index (χ1) is 10.3. The zero-order valence-corrected chi connectivity index (χ0v) is 16.0. The van der Waals surface area contributed by atoms with E-state index in [2.05, 4.69) is 43.3 Å². The van der Waals surface area contributed by atoms with Crippen LogP contribution >= 0.6 is 35.3 Å². The van der Waals surface area contributed by atoms with Crippen molar-refractivity contribution in [2.45, 2.75) is 18.9 Å². The van der Waals surface area contributed by atoms with Crippen LogP contribution in [0, 0.1) is 0 Å². The molecule has 1 aliphatic heterocycles. The minimum absolute atomic E-state index is 0. The summed E-state index contributed by atoms with van der Waals surface area (Å²) in [4.78, 5) is 6.75. The minimum Gasteiger partial charge on any atom is -0.352 e. The highest BCUT2D eigenvalue weighted by atomic mass is 127. The number of guanidine groups is 1. The van der Waals surface area contributed by atoms with Crippen molar-refractivity contribution in [3.8, 4) is 0 Å². The summed E-state index contributed by atoms with van der Waals surface area (Å²) in [5, 5.41) is 12.0. The second-order valence-electron chi connectivity index (χ2n) is 5.41. The van der Waals surface area contributed by atoms with Crippen LogP contribution in [-0.4, -0.2) is 40.8 Å². The quantitative estimate of drug-likeness (QED) is 0.462.